The van der Waals surface area contributed by atoms with Crippen molar-refractivity contribution in [2.24, 2.45) is 0 Å². The van der Waals surface area contributed by atoms with Crippen molar-refractivity contribution >= 4 is 29.3 Å². The van der Waals surface area contributed by atoms with Crippen LogP contribution in [0.15, 0.2) is 89.2 Å². The molecular formula is C31H33N5O2S. The molecule has 0 bridgehead atoms. The Morgan fingerprint density at radius 2 is 1.82 bits per heavy atom. The number of rotatable bonds is 9. The number of fused-ring (bicyclic) bond motifs is 1. The SMILES string of the molecule is CCCSc1nc2n(n1)C(c1cccc(OCc3ccc(C)cc3)c1)C(C(=O)Nc1cccc(C)c1)=C(C)N2. The number of aromatic nitrogens is 3. The zero-order valence-electron chi connectivity index (χ0n) is 22.7. The summed E-state index contributed by atoms with van der Waals surface area (Å²) in [6.07, 6.45) is 1.02. The number of nitrogens with zero attached hydrogens (tertiary/aromatic N) is 3. The minimum absolute atomic E-state index is 0.189. The van der Waals surface area contributed by atoms with Gasteiger partial charge in [0.05, 0.1) is 5.57 Å². The van der Waals surface area contributed by atoms with E-state index in [1.165, 1.54) is 5.56 Å². The molecule has 3 aromatic carbocycles. The Morgan fingerprint density at radius 3 is 2.59 bits per heavy atom. The number of allylic oxidation sites excluding steroid dienone is 1. The third kappa shape index (κ3) is 6.17. The second-order valence-corrected chi connectivity index (χ2v) is 10.8. The summed E-state index contributed by atoms with van der Waals surface area (Å²) in [5.41, 5.74) is 6.34. The van der Waals surface area contributed by atoms with Gasteiger partial charge in [0, 0.05) is 17.1 Å². The van der Waals surface area contributed by atoms with Crippen LogP contribution in [0.3, 0.4) is 0 Å². The van der Waals surface area contributed by atoms with Crippen LogP contribution < -0.4 is 15.4 Å². The highest BCUT2D eigenvalue weighted by atomic mass is 32.2. The third-order valence-electron chi connectivity index (χ3n) is 6.49. The van der Waals surface area contributed by atoms with E-state index >= 15 is 0 Å². The first-order chi connectivity index (χ1) is 18.9. The monoisotopic (exact) mass is 539 g/mol. The number of carbonyl (C=O) groups is 1. The van der Waals surface area contributed by atoms with E-state index in [-0.39, 0.29) is 5.91 Å². The average Bonchev–Trinajstić information content (AvgIpc) is 3.33. The first kappa shape index (κ1) is 26.6. The van der Waals surface area contributed by atoms with Crippen molar-refractivity contribution in [2.75, 3.05) is 16.4 Å². The van der Waals surface area contributed by atoms with Gasteiger partial charge in [0.1, 0.15) is 18.4 Å². The second-order valence-electron chi connectivity index (χ2n) is 9.75. The smallest absolute Gasteiger partial charge is 0.255 e. The van der Waals surface area contributed by atoms with E-state index in [1.54, 1.807) is 11.8 Å². The number of hydrogen-bond acceptors (Lipinski definition) is 6. The fourth-order valence-electron chi connectivity index (χ4n) is 4.53. The van der Waals surface area contributed by atoms with E-state index in [1.807, 2.05) is 67.1 Å². The van der Waals surface area contributed by atoms with Crippen molar-refractivity contribution in [3.8, 4) is 5.75 Å². The topological polar surface area (TPSA) is 81.1 Å². The first-order valence-corrected chi connectivity index (χ1v) is 14.1. The molecule has 0 fully saturated rings. The maximum atomic E-state index is 13.8. The lowest BCUT2D eigenvalue weighted by Gasteiger charge is -2.29. The Morgan fingerprint density at radius 1 is 1.03 bits per heavy atom. The van der Waals surface area contributed by atoms with Gasteiger partial charge in [-0.2, -0.15) is 4.98 Å². The lowest BCUT2D eigenvalue weighted by Crippen LogP contribution is -2.31. The molecule has 1 aromatic heterocycles. The second kappa shape index (κ2) is 11.8. The molecule has 1 aliphatic rings. The number of hydrogen-bond donors (Lipinski definition) is 2. The number of aryl methyl sites for hydroxylation is 2. The average molecular weight is 540 g/mol. The number of ether oxygens (including phenoxy) is 1. The van der Waals surface area contributed by atoms with E-state index in [0.717, 1.165) is 46.0 Å². The summed E-state index contributed by atoms with van der Waals surface area (Å²) >= 11 is 1.61. The van der Waals surface area contributed by atoms with Gasteiger partial charge in [-0.05, 0) is 68.1 Å². The molecule has 2 N–H and O–H groups in total. The maximum Gasteiger partial charge on any atom is 0.255 e. The molecule has 0 spiro atoms. The van der Waals surface area contributed by atoms with E-state index < -0.39 is 6.04 Å². The largest absolute Gasteiger partial charge is 0.489 e. The van der Waals surface area contributed by atoms with Crippen molar-refractivity contribution in [1.29, 1.82) is 0 Å². The standard InChI is InChI=1S/C31H33N5O2S/c1-5-16-39-31-34-30-32-22(4)27(29(37)33-25-10-6-8-21(3)17-25)28(36(30)35-31)24-9-7-11-26(18-24)38-19-23-14-12-20(2)13-15-23/h6-15,17-18,28H,5,16,19H2,1-4H3,(H,33,37)(H,32,34,35). The summed E-state index contributed by atoms with van der Waals surface area (Å²) < 4.78 is 7.97. The minimum atomic E-state index is -0.475. The molecule has 200 valence electrons. The van der Waals surface area contributed by atoms with E-state index in [9.17, 15) is 4.79 Å². The minimum Gasteiger partial charge on any atom is -0.489 e. The highest BCUT2D eigenvalue weighted by Gasteiger charge is 2.34. The maximum absolute atomic E-state index is 13.8. The van der Waals surface area contributed by atoms with Crippen LogP contribution in [0, 0.1) is 13.8 Å². The van der Waals surface area contributed by atoms with Gasteiger partial charge in [0.2, 0.25) is 11.1 Å². The summed E-state index contributed by atoms with van der Waals surface area (Å²) in [6, 6.07) is 23.5. The molecular weight excluding hydrogens is 506 g/mol. The van der Waals surface area contributed by atoms with Gasteiger partial charge in [-0.15, -0.1) is 5.10 Å². The molecule has 0 saturated carbocycles. The Bertz CT molecular complexity index is 1510. The van der Waals surface area contributed by atoms with Crippen LogP contribution in [0.1, 0.15) is 48.6 Å². The molecule has 4 aromatic rings. The van der Waals surface area contributed by atoms with Crippen molar-refractivity contribution in [2.45, 2.75) is 51.9 Å². The van der Waals surface area contributed by atoms with Gasteiger partial charge in [0.25, 0.3) is 5.91 Å². The summed E-state index contributed by atoms with van der Waals surface area (Å²) in [7, 11) is 0. The van der Waals surface area contributed by atoms with Gasteiger partial charge in [-0.3, -0.25) is 4.79 Å². The molecule has 0 saturated heterocycles. The third-order valence-corrected chi connectivity index (χ3v) is 7.53. The normalized spacial score (nSPS) is 14.5. The predicted octanol–water partition coefficient (Wildman–Crippen LogP) is 6.90. The molecule has 2 heterocycles. The lowest BCUT2D eigenvalue weighted by molar-refractivity contribution is -0.113. The molecule has 7 nitrogen and oxygen atoms in total. The molecule has 0 radical (unpaired) electrons. The zero-order valence-corrected chi connectivity index (χ0v) is 23.5. The van der Waals surface area contributed by atoms with Crippen molar-refractivity contribution in [3.05, 3.63) is 106 Å². The number of amides is 1. The fourth-order valence-corrected chi connectivity index (χ4v) is 5.22. The van der Waals surface area contributed by atoms with Crippen LogP contribution in [0.4, 0.5) is 11.6 Å². The van der Waals surface area contributed by atoms with Crippen LogP contribution in [0.2, 0.25) is 0 Å². The van der Waals surface area contributed by atoms with Gasteiger partial charge in [-0.25, -0.2) is 4.68 Å². The first-order valence-electron chi connectivity index (χ1n) is 13.1. The molecule has 1 amide bonds. The Hall–Kier alpha value is -4.04. The predicted molar refractivity (Wildman–Crippen MR) is 157 cm³/mol. The number of carbonyl (C=O) groups excluding carboxylic acids is 1. The van der Waals surface area contributed by atoms with Crippen LogP contribution in [0.25, 0.3) is 0 Å². The van der Waals surface area contributed by atoms with Gasteiger partial charge in [0.15, 0.2) is 0 Å². The molecule has 5 rings (SSSR count). The molecule has 0 aliphatic carbocycles. The number of thioether (sulfide) groups is 1. The number of benzene rings is 3. The Balaban J connectivity index is 1.49. The van der Waals surface area contributed by atoms with Crippen LogP contribution >= 0.6 is 11.8 Å². The molecule has 1 atom stereocenters. The van der Waals surface area contributed by atoms with Crippen LogP contribution in [-0.4, -0.2) is 26.4 Å². The Labute approximate surface area is 233 Å². The van der Waals surface area contributed by atoms with E-state index in [0.29, 0.717) is 23.3 Å². The lowest BCUT2D eigenvalue weighted by atomic mass is 9.94. The molecule has 8 heteroatoms. The summed E-state index contributed by atoms with van der Waals surface area (Å²) in [5, 5.41) is 11.9. The van der Waals surface area contributed by atoms with Gasteiger partial charge >= 0.3 is 0 Å². The summed E-state index contributed by atoms with van der Waals surface area (Å²) in [5.74, 6) is 2.08. The van der Waals surface area contributed by atoms with Crippen molar-refractivity contribution in [1.82, 2.24) is 14.8 Å². The molecule has 1 aliphatic heterocycles. The van der Waals surface area contributed by atoms with Gasteiger partial charge in [-0.1, -0.05) is 72.8 Å². The number of anilines is 2. The van der Waals surface area contributed by atoms with Crippen LogP contribution in [-0.2, 0) is 11.4 Å². The molecule has 1 unspecified atom stereocenters. The summed E-state index contributed by atoms with van der Waals surface area (Å²) in [4.78, 5) is 18.5. The van der Waals surface area contributed by atoms with Crippen molar-refractivity contribution < 1.29 is 9.53 Å². The molecule has 39 heavy (non-hydrogen) atoms. The van der Waals surface area contributed by atoms with Gasteiger partial charge < -0.3 is 15.4 Å². The Kier molecular flexibility index (Phi) is 8.02. The quantitative estimate of drug-likeness (QED) is 0.225. The van der Waals surface area contributed by atoms with Crippen molar-refractivity contribution in [3.63, 3.8) is 0 Å². The van der Waals surface area contributed by atoms with E-state index in [4.69, 9.17) is 14.8 Å². The van der Waals surface area contributed by atoms with E-state index in [2.05, 4.69) is 48.7 Å². The highest BCUT2D eigenvalue weighted by molar-refractivity contribution is 7.99. The number of nitrogens with one attached hydrogen (secondary N) is 2. The fraction of sp³-hybridized carbons (Fsp3) is 0.258. The summed E-state index contributed by atoms with van der Waals surface area (Å²) in [6.45, 7) is 8.57. The highest BCUT2D eigenvalue weighted by Crippen LogP contribution is 2.38. The van der Waals surface area contributed by atoms with Crippen LogP contribution in [0.5, 0.6) is 5.75 Å². The zero-order chi connectivity index (χ0) is 27.4.